The summed E-state index contributed by atoms with van der Waals surface area (Å²) in [6.07, 6.45) is 10.1. The molecule has 0 saturated heterocycles. The fourth-order valence-electron chi connectivity index (χ4n) is 2.64. The zero-order valence-corrected chi connectivity index (χ0v) is 24.2. The Morgan fingerprint density at radius 3 is 2.00 bits per heavy atom. The van der Waals surface area contributed by atoms with Gasteiger partial charge in [0.1, 0.15) is 12.7 Å². The second-order valence-electron chi connectivity index (χ2n) is 6.94. The molecule has 1 N–H and O–H groups in total. The average Bonchev–Trinajstić information content (AvgIpc) is 2.62. The first-order chi connectivity index (χ1) is 13.3. The summed E-state index contributed by atoms with van der Waals surface area (Å²) >= 11 is 0. The molecule has 30 heavy (non-hydrogen) atoms. The van der Waals surface area contributed by atoms with Gasteiger partial charge < -0.3 is 29.1 Å². The van der Waals surface area contributed by atoms with Crippen LogP contribution in [0.25, 0.3) is 0 Å². The molecule has 0 rings (SSSR count). The molecule has 8 nitrogen and oxygen atoms in total. The molecule has 0 aliphatic heterocycles. The van der Waals surface area contributed by atoms with Gasteiger partial charge in [0.05, 0.1) is 6.54 Å². The van der Waals surface area contributed by atoms with Gasteiger partial charge in [0.15, 0.2) is 0 Å². The van der Waals surface area contributed by atoms with Crippen molar-refractivity contribution in [3.8, 4) is 0 Å². The van der Waals surface area contributed by atoms with E-state index in [1.165, 1.54) is 38.5 Å². The predicted octanol–water partition coefficient (Wildman–Crippen LogP) is -3.14. The molecule has 11 heteroatoms. The zero-order valence-electron chi connectivity index (χ0n) is 19.3. The van der Waals surface area contributed by atoms with Crippen molar-refractivity contribution in [1.29, 1.82) is 0 Å². The van der Waals surface area contributed by atoms with Crippen LogP contribution in [-0.2, 0) is 18.6 Å². The van der Waals surface area contributed by atoms with Gasteiger partial charge in [0, 0.05) is 6.42 Å². The summed E-state index contributed by atoms with van der Waals surface area (Å²) in [5.74, 6) is -0.856. The number of carbonyl (C=O) groups is 1. The Balaban J connectivity index is -0.00000364. The van der Waals surface area contributed by atoms with Gasteiger partial charge >= 0.3 is 65.1 Å². The Bertz CT molecular complexity index is 490. The third-order valence-electron chi connectivity index (χ3n) is 4.13. The smallest absolute Gasteiger partial charge is 0.862 e. The Hall–Kier alpha value is 1.05. The minimum atomic E-state index is -5.01. The van der Waals surface area contributed by atoms with Gasteiger partial charge in [-0.25, -0.2) is 0 Å². The molecule has 0 aliphatic rings. The number of unbranched alkanes of at least 4 members (excludes halogenated alkanes) is 8. The number of esters is 1. The first kappa shape index (κ1) is 35.6. The van der Waals surface area contributed by atoms with Crippen LogP contribution in [-0.4, -0.2) is 36.0 Å². The van der Waals surface area contributed by atoms with Crippen LogP contribution in [0.4, 0.5) is 0 Å². The van der Waals surface area contributed by atoms with E-state index in [0.29, 0.717) is 6.42 Å². The molecular weight excluding hydrogens is 431 g/mol. The normalized spacial score (nSPS) is 14.2. The number of ether oxygens (including phenoxy) is 1. The summed E-state index contributed by atoms with van der Waals surface area (Å²) in [5, 5.41) is 11.8. The molecule has 0 heterocycles. The Kier molecular flexibility index (Phi) is 27.6. The van der Waals surface area contributed by atoms with E-state index < -0.39 is 19.9 Å². The molecule has 0 saturated carbocycles. The van der Waals surface area contributed by atoms with Crippen LogP contribution in [0.1, 0.15) is 90.9 Å². The van der Waals surface area contributed by atoms with Crippen LogP contribution in [0.5, 0.6) is 0 Å². The van der Waals surface area contributed by atoms with Crippen LogP contribution >= 0.6 is 7.82 Å². The van der Waals surface area contributed by atoms with Crippen LogP contribution in [0.15, 0.2) is 4.99 Å². The molecule has 0 aromatic heterocycles. The molecule has 166 valence electrons. The fraction of sp³-hybridized carbons (Fsp3) is 0.895. The fourth-order valence-corrected chi connectivity index (χ4v) is 3.14. The van der Waals surface area contributed by atoms with Crippen molar-refractivity contribution < 1.29 is 92.6 Å². The van der Waals surface area contributed by atoms with Crippen molar-refractivity contribution in [3.05, 3.63) is 0 Å². The first-order valence-electron chi connectivity index (χ1n) is 10.4. The number of phosphoric acid groups is 1. The second kappa shape index (κ2) is 23.2. The Labute approximate surface area is 225 Å². The summed E-state index contributed by atoms with van der Waals surface area (Å²) < 4.78 is 20.2. The minimum Gasteiger partial charge on any atom is -0.862 e. The largest absolute Gasteiger partial charge is 1.00 e. The third-order valence-corrected chi connectivity index (χ3v) is 4.70. The molecule has 0 spiro atoms. The van der Waals surface area contributed by atoms with Gasteiger partial charge in [-0.2, -0.15) is 0 Å². The van der Waals surface area contributed by atoms with Crippen LogP contribution < -0.4 is 69.1 Å². The number of hydrogen-bond donors (Lipinski definition) is 1. The van der Waals surface area contributed by atoms with Gasteiger partial charge in [-0.3, -0.25) is 9.36 Å². The van der Waals surface area contributed by atoms with Crippen LogP contribution in [0, 0.1) is 0 Å². The van der Waals surface area contributed by atoms with Gasteiger partial charge in [0.25, 0.3) is 7.82 Å². The zero-order chi connectivity index (χ0) is 21.3. The van der Waals surface area contributed by atoms with Gasteiger partial charge in [0.2, 0.25) is 0 Å². The van der Waals surface area contributed by atoms with Crippen molar-refractivity contribution in [2.75, 3.05) is 13.2 Å². The van der Waals surface area contributed by atoms with Crippen molar-refractivity contribution in [2.24, 2.45) is 4.99 Å². The van der Waals surface area contributed by atoms with E-state index in [9.17, 15) is 19.4 Å². The third kappa shape index (κ3) is 25.3. The van der Waals surface area contributed by atoms with Crippen LogP contribution in [0.2, 0.25) is 0 Å². The summed E-state index contributed by atoms with van der Waals surface area (Å²) in [7, 11) is -5.01. The van der Waals surface area contributed by atoms with Crippen molar-refractivity contribution >= 4 is 19.7 Å². The molecule has 0 fully saturated rings. The van der Waals surface area contributed by atoms with E-state index in [4.69, 9.17) is 9.63 Å². The molecule has 0 radical (unpaired) electrons. The molecule has 0 aliphatic carbocycles. The topological polar surface area (TPSA) is 131 Å². The standard InChI is InChI=1S/C19H38NO7P.2Na/c1-3-5-6-7-8-9-10-11-12-14-18(21)20-15-17(27-28(23,24)25)16-26-19(22)13-4-2;;/h17H,3-16H2,1-2H3,(H,20,21)(H2,23,24,25);;/q;2*+1/p-2/t17-;;/m1../s1. The van der Waals surface area contributed by atoms with Crippen LogP contribution in [0.3, 0.4) is 0 Å². The molecule has 2 atom stereocenters. The quantitative estimate of drug-likeness (QED) is 0.0563. The maximum absolute atomic E-state index is 11.8. The van der Waals surface area contributed by atoms with Gasteiger partial charge in [-0.05, 0) is 25.2 Å². The number of phosphoric ester groups is 1. The molecular formula is C19H36NNa2O7P. The maximum atomic E-state index is 11.8. The molecule has 0 amide bonds. The monoisotopic (exact) mass is 467 g/mol. The van der Waals surface area contributed by atoms with Crippen molar-refractivity contribution in [1.82, 2.24) is 0 Å². The first-order valence-corrected chi connectivity index (χ1v) is 11.9. The van der Waals surface area contributed by atoms with Crippen molar-refractivity contribution in [2.45, 2.75) is 97.0 Å². The Morgan fingerprint density at radius 2 is 1.50 bits per heavy atom. The molecule has 0 bridgehead atoms. The maximum Gasteiger partial charge on any atom is 1.00 e. The summed E-state index contributed by atoms with van der Waals surface area (Å²) in [6, 6.07) is 0. The van der Waals surface area contributed by atoms with E-state index in [1.807, 2.05) is 0 Å². The molecule has 1 unspecified atom stereocenters. The number of aliphatic imine (C=N–C) groups is 1. The number of nitrogens with zero attached hydrogens (tertiary/aromatic N) is 1. The van der Waals surface area contributed by atoms with Crippen molar-refractivity contribution in [3.63, 3.8) is 0 Å². The van der Waals surface area contributed by atoms with E-state index in [1.54, 1.807) is 6.92 Å². The van der Waals surface area contributed by atoms with Gasteiger partial charge in [-0.15, -0.1) is 0 Å². The van der Waals surface area contributed by atoms with E-state index >= 15 is 0 Å². The number of hydrogen-bond acceptors (Lipinski definition) is 7. The molecule has 0 aromatic rings. The predicted molar refractivity (Wildman–Crippen MR) is 105 cm³/mol. The number of rotatable bonds is 18. The second-order valence-corrected chi connectivity index (χ2v) is 8.09. The molecule has 0 aromatic carbocycles. The van der Waals surface area contributed by atoms with E-state index in [-0.39, 0.29) is 91.0 Å². The van der Waals surface area contributed by atoms with E-state index in [2.05, 4.69) is 16.4 Å². The van der Waals surface area contributed by atoms with Gasteiger partial charge in [-0.1, -0.05) is 65.2 Å². The summed E-state index contributed by atoms with van der Waals surface area (Å²) in [5.41, 5.74) is 0. The average molecular weight is 467 g/mol. The summed E-state index contributed by atoms with van der Waals surface area (Å²) in [6.45, 7) is 3.32. The minimum absolute atomic E-state index is 0. The van der Waals surface area contributed by atoms with E-state index in [0.717, 1.165) is 19.3 Å². The summed E-state index contributed by atoms with van der Waals surface area (Å²) in [4.78, 5) is 34.9. The SMILES string of the molecule is CCCCCCCCCCCC([O-])=NC[C@H](COC(=O)CCC)OP(=O)([O-])O.[Na+].[Na+]. The Morgan fingerprint density at radius 1 is 0.967 bits per heavy atom. The number of carbonyl (C=O) groups excluding carboxylic acids is 1.